The molecule has 1 heterocycles. The summed E-state index contributed by atoms with van der Waals surface area (Å²) in [5, 5.41) is 0.713. The van der Waals surface area contributed by atoms with Gasteiger partial charge < -0.3 is 15.4 Å². The van der Waals surface area contributed by atoms with E-state index in [2.05, 4.69) is 4.90 Å². The molecule has 0 saturated carbocycles. The molecule has 0 spiro atoms. The lowest BCUT2D eigenvalue weighted by Crippen LogP contribution is -2.56. The van der Waals surface area contributed by atoms with Crippen LogP contribution in [0.2, 0.25) is 5.02 Å². The van der Waals surface area contributed by atoms with Crippen molar-refractivity contribution >= 4 is 35.7 Å². The van der Waals surface area contributed by atoms with Gasteiger partial charge in [0, 0.05) is 23.8 Å². The lowest BCUT2D eigenvalue weighted by atomic mass is 9.88. The first-order valence-corrected chi connectivity index (χ1v) is 6.31. The van der Waals surface area contributed by atoms with Crippen LogP contribution in [0.15, 0.2) is 24.3 Å². The Balaban J connectivity index is 0.00000180. The molecule has 19 heavy (non-hydrogen) atoms. The molecule has 2 rings (SSSR count). The minimum Gasteiger partial charge on any atom is -0.468 e. The van der Waals surface area contributed by atoms with Crippen LogP contribution in [-0.2, 0) is 9.53 Å². The number of piperidine rings is 1. The van der Waals surface area contributed by atoms with Crippen LogP contribution in [0, 0.1) is 0 Å². The Morgan fingerprint density at radius 2 is 2.05 bits per heavy atom. The summed E-state index contributed by atoms with van der Waals surface area (Å²) < 4.78 is 4.75. The van der Waals surface area contributed by atoms with Crippen LogP contribution >= 0.6 is 24.0 Å². The number of hydrogen-bond donors (Lipinski definition) is 1. The third-order valence-electron chi connectivity index (χ3n) is 3.42. The SMILES string of the molecule is COC(=O)C1(N)CCN(c2cccc(Cl)c2)CC1.Cl. The van der Waals surface area contributed by atoms with Crippen LogP contribution in [0.4, 0.5) is 5.69 Å². The molecule has 0 radical (unpaired) electrons. The maximum absolute atomic E-state index is 11.6. The van der Waals surface area contributed by atoms with Crippen molar-refractivity contribution in [2.24, 2.45) is 5.73 Å². The van der Waals surface area contributed by atoms with E-state index in [1.807, 2.05) is 24.3 Å². The van der Waals surface area contributed by atoms with Crippen LogP contribution in [0.25, 0.3) is 0 Å². The summed E-state index contributed by atoms with van der Waals surface area (Å²) in [5.41, 5.74) is 6.28. The molecular formula is C13H18Cl2N2O2. The van der Waals surface area contributed by atoms with Gasteiger partial charge in [0.05, 0.1) is 7.11 Å². The number of rotatable bonds is 2. The third kappa shape index (κ3) is 3.53. The van der Waals surface area contributed by atoms with Gasteiger partial charge in [0.15, 0.2) is 0 Å². The van der Waals surface area contributed by atoms with Gasteiger partial charge in [-0.25, -0.2) is 0 Å². The van der Waals surface area contributed by atoms with Crippen molar-refractivity contribution in [1.82, 2.24) is 0 Å². The highest BCUT2D eigenvalue weighted by Crippen LogP contribution is 2.27. The molecule has 1 aromatic rings. The third-order valence-corrected chi connectivity index (χ3v) is 3.66. The summed E-state index contributed by atoms with van der Waals surface area (Å²) in [5.74, 6) is -0.326. The zero-order valence-corrected chi connectivity index (χ0v) is 12.3. The highest BCUT2D eigenvalue weighted by molar-refractivity contribution is 6.30. The molecule has 1 aliphatic heterocycles. The molecule has 0 aromatic heterocycles. The van der Waals surface area contributed by atoms with Crippen LogP contribution in [0.5, 0.6) is 0 Å². The van der Waals surface area contributed by atoms with Crippen LogP contribution in [-0.4, -0.2) is 31.7 Å². The van der Waals surface area contributed by atoms with E-state index in [9.17, 15) is 4.79 Å². The van der Waals surface area contributed by atoms with E-state index in [-0.39, 0.29) is 18.4 Å². The van der Waals surface area contributed by atoms with Gasteiger partial charge in [0.1, 0.15) is 5.54 Å². The Hall–Kier alpha value is -0.970. The topological polar surface area (TPSA) is 55.6 Å². The summed E-state index contributed by atoms with van der Waals surface area (Å²) >= 11 is 5.97. The molecule has 1 fully saturated rings. The standard InChI is InChI=1S/C13H17ClN2O2.ClH/c1-18-12(17)13(15)5-7-16(8-6-13)11-4-2-3-10(14)9-11;/h2-4,9H,5-8,15H2,1H3;1H. The van der Waals surface area contributed by atoms with Crippen molar-refractivity contribution in [2.45, 2.75) is 18.4 Å². The lowest BCUT2D eigenvalue weighted by Gasteiger charge is -2.38. The minimum atomic E-state index is -0.843. The van der Waals surface area contributed by atoms with E-state index in [1.54, 1.807) is 0 Å². The number of hydrogen-bond acceptors (Lipinski definition) is 4. The molecular weight excluding hydrogens is 287 g/mol. The smallest absolute Gasteiger partial charge is 0.325 e. The molecule has 0 unspecified atom stereocenters. The van der Waals surface area contributed by atoms with Crippen LogP contribution in [0.1, 0.15) is 12.8 Å². The average Bonchev–Trinajstić information content (AvgIpc) is 2.38. The lowest BCUT2D eigenvalue weighted by molar-refractivity contribution is -0.147. The Labute approximate surface area is 124 Å². The maximum atomic E-state index is 11.6. The second kappa shape index (κ2) is 6.46. The highest BCUT2D eigenvalue weighted by Gasteiger charge is 2.38. The summed E-state index contributed by atoms with van der Waals surface area (Å²) in [6, 6.07) is 7.69. The van der Waals surface area contributed by atoms with Gasteiger partial charge in [-0.2, -0.15) is 0 Å². The summed E-state index contributed by atoms with van der Waals surface area (Å²) in [6.45, 7) is 1.46. The van der Waals surface area contributed by atoms with Crippen molar-refractivity contribution in [1.29, 1.82) is 0 Å². The van der Waals surface area contributed by atoms with Crippen molar-refractivity contribution in [2.75, 3.05) is 25.1 Å². The first-order chi connectivity index (χ1) is 8.55. The monoisotopic (exact) mass is 304 g/mol. The number of methoxy groups -OCH3 is 1. The van der Waals surface area contributed by atoms with E-state index >= 15 is 0 Å². The molecule has 6 heteroatoms. The van der Waals surface area contributed by atoms with E-state index in [4.69, 9.17) is 22.1 Å². The van der Waals surface area contributed by atoms with Crippen molar-refractivity contribution in [3.8, 4) is 0 Å². The summed E-state index contributed by atoms with van der Waals surface area (Å²) in [4.78, 5) is 13.8. The fourth-order valence-corrected chi connectivity index (χ4v) is 2.43. The summed E-state index contributed by atoms with van der Waals surface area (Å²) in [7, 11) is 1.38. The number of carbonyl (C=O) groups is 1. The quantitative estimate of drug-likeness (QED) is 0.851. The number of ether oxygens (including phenoxy) is 1. The molecule has 0 amide bonds. The molecule has 2 N–H and O–H groups in total. The number of nitrogens with two attached hydrogens (primary N) is 1. The van der Waals surface area contributed by atoms with E-state index in [0.717, 1.165) is 18.8 Å². The second-order valence-electron chi connectivity index (χ2n) is 4.61. The van der Waals surface area contributed by atoms with Gasteiger partial charge in [-0.3, -0.25) is 4.79 Å². The van der Waals surface area contributed by atoms with Crippen molar-refractivity contribution in [3.63, 3.8) is 0 Å². The number of benzene rings is 1. The van der Waals surface area contributed by atoms with Crippen LogP contribution < -0.4 is 10.6 Å². The average molecular weight is 305 g/mol. The van der Waals surface area contributed by atoms with Crippen molar-refractivity contribution in [3.05, 3.63) is 29.3 Å². The van der Waals surface area contributed by atoms with Gasteiger partial charge >= 0.3 is 5.97 Å². The first-order valence-electron chi connectivity index (χ1n) is 5.93. The zero-order valence-electron chi connectivity index (χ0n) is 10.8. The predicted molar refractivity (Wildman–Crippen MR) is 79.1 cm³/mol. The van der Waals surface area contributed by atoms with Crippen LogP contribution in [0.3, 0.4) is 0 Å². The number of halogens is 2. The maximum Gasteiger partial charge on any atom is 0.325 e. The zero-order chi connectivity index (χ0) is 13.2. The predicted octanol–water partition coefficient (Wildman–Crippen LogP) is 2.23. The summed E-state index contributed by atoms with van der Waals surface area (Å²) in [6.07, 6.45) is 1.18. The largest absolute Gasteiger partial charge is 0.468 e. The molecule has 1 aliphatic rings. The van der Waals surface area contributed by atoms with Gasteiger partial charge in [-0.15, -0.1) is 12.4 Å². The number of esters is 1. The molecule has 1 aromatic carbocycles. The minimum absolute atomic E-state index is 0. The molecule has 0 aliphatic carbocycles. The first kappa shape index (κ1) is 16.1. The van der Waals surface area contributed by atoms with E-state index in [0.29, 0.717) is 17.9 Å². The Kier molecular flexibility index (Phi) is 5.47. The number of anilines is 1. The fraction of sp³-hybridized carbons (Fsp3) is 0.462. The van der Waals surface area contributed by atoms with Crippen molar-refractivity contribution < 1.29 is 9.53 Å². The normalized spacial score (nSPS) is 17.5. The molecule has 4 nitrogen and oxygen atoms in total. The van der Waals surface area contributed by atoms with Gasteiger partial charge in [0.2, 0.25) is 0 Å². The molecule has 106 valence electrons. The number of nitrogens with zero attached hydrogens (tertiary/aromatic N) is 1. The van der Waals surface area contributed by atoms with Gasteiger partial charge in [-0.1, -0.05) is 17.7 Å². The Bertz CT molecular complexity index is 446. The Morgan fingerprint density at radius 3 is 2.58 bits per heavy atom. The van der Waals surface area contributed by atoms with Gasteiger partial charge in [-0.05, 0) is 31.0 Å². The Morgan fingerprint density at radius 1 is 1.42 bits per heavy atom. The highest BCUT2D eigenvalue weighted by atomic mass is 35.5. The molecule has 1 saturated heterocycles. The van der Waals surface area contributed by atoms with Gasteiger partial charge in [0.25, 0.3) is 0 Å². The fourth-order valence-electron chi connectivity index (χ4n) is 2.24. The number of carbonyl (C=O) groups excluding carboxylic acids is 1. The van der Waals surface area contributed by atoms with E-state index in [1.165, 1.54) is 7.11 Å². The second-order valence-corrected chi connectivity index (χ2v) is 5.05. The molecule has 0 atom stereocenters. The van der Waals surface area contributed by atoms with E-state index < -0.39 is 5.54 Å². The molecule has 0 bridgehead atoms.